The predicted molar refractivity (Wildman–Crippen MR) is 125 cm³/mol. The summed E-state index contributed by atoms with van der Waals surface area (Å²) in [6.07, 6.45) is 0.686. The average molecular weight is 555 g/mol. The van der Waals surface area contributed by atoms with Crippen LogP contribution in [0.1, 0.15) is 56.1 Å². The summed E-state index contributed by atoms with van der Waals surface area (Å²) in [5, 5.41) is 19.6. The first-order valence-corrected chi connectivity index (χ1v) is 11.6. The van der Waals surface area contributed by atoms with Crippen molar-refractivity contribution in [3.63, 3.8) is 0 Å². The van der Waals surface area contributed by atoms with Gasteiger partial charge in [0.25, 0.3) is 0 Å². The molecule has 2 aromatic rings. The number of alkyl halides is 2. The lowest BCUT2D eigenvalue weighted by Gasteiger charge is -2.43. The van der Waals surface area contributed by atoms with E-state index in [9.17, 15) is 19.8 Å². The molecule has 0 aromatic heterocycles. The van der Waals surface area contributed by atoms with Crippen LogP contribution in [-0.2, 0) is 9.59 Å². The van der Waals surface area contributed by atoms with Crippen molar-refractivity contribution in [3.8, 4) is 17.2 Å². The molecule has 1 fully saturated rings. The molecule has 31 heavy (non-hydrogen) atoms. The molecule has 1 amide bonds. The number of primary amides is 1. The first kappa shape index (κ1) is 23.6. The maximum absolute atomic E-state index is 11.9. The Bertz CT molecular complexity index is 974. The van der Waals surface area contributed by atoms with Crippen molar-refractivity contribution in [2.45, 2.75) is 48.2 Å². The highest BCUT2D eigenvalue weighted by atomic mass is 79.9. The van der Waals surface area contributed by atoms with E-state index in [1.54, 1.807) is 12.1 Å². The Balaban J connectivity index is 1.78. The summed E-state index contributed by atoms with van der Waals surface area (Å²) in [4.78, 5) is 23.7. The molecule has 2 unspecified atom stereocenters. The third-order valence-corrected chi connectivity index (χ3v) is 7.59. The van der Waals surface area contributed by atoms with Crippen LogP contribution < -0.4 is 10.5 Å². The molecule has 166 valence electrons. The van der Waals surface area contributed by atoms with Crippen molar-refractivity contribution in [2.75, 3.05) is 0 Å². The van der Waals surface area contributed by atoms with Crippen molar-refractivity contribution >= 4 is 43.7 Å². The van der Waals surface area contributed by atoms with Gasteiger partial charge in [0, 0.05) is 11.5 Å². The van der Waals surface area contributed by atoms with Gasteiger partial charge in [0.05, 0.1) is 3.23 Å². The van der Waals surface area contributed by atoms with Crippen molar-refractivity contribution < 1.29 is 24.5 Å². The number of hydrogen-bond acceptors (Lipinski definition) is 4. The molecule has 1 saturated carbocycles. The number of amides is 1. The Kier molecular flexibility index (Phi) is 6.72. The highest BCUT2D eigenvalue weighted by Gasteiger charge is 2.55. The van der Waals surface area contributed by atoms with Crippen molar-refractivity contribution in [3.05, 3.63) is 53.6 Å². The Labute approximate surface area is 198 Å². The van der Waals surface area contributed by atoms with Crippen molar-refractivity contribution in [1.29, 1.82) is 0 Å². The van der Waals surface area contributed by atoms with Gasteiger partial charge >= 0.3 is 5.97 Å². The predicted octanol–water partition coefficient (Wildman–Crippen LogP) is 5.62. The highest BCUT2D eigenvalue weighted by Crippen LogP contribution is 2.56. The standard InChI is InChI=1S/C23H25Br2NO5/c1-13(2)17-11-16(7-8-19(17)27)31-15-5-3-14(4-6-15)18-9-10-22(20(26)28,21(29)30)12-23(18,24)25/h3-8,11,13,18,27H,9-10,12H2,1-2H3,(H2,26,28)(H,29,30). The topological polar surface area (TPSA) is 110 Å². The van der Waals surface area contributed by atoms with Gasteiger partial charge in [-0.25, -0.2) is 0 Å². The minimum atomic E-state index is -1.60. The van der Waals surface area contributed by atoms with Gasteiger partial charge < -0.3 is 20.7 Å². The molecule has 4 N–H and O–H groups in total. The molecular formula is C23H25Br2NO5. The summed E-state index contributed by atoms with van der Waals surface area (Å²) in [5.41, 5.74) is 5.65. The fraction of sp³-hybridized carbons (Fsp3) is 0.391. The number of carbonyl (C=O) groups is 2. The van der Waals surface area contributed by atoms with Gasteiger partial charge in [-0.1, -0.05) is 57.8 Å². The molecule has 0 bridgehead atoms. The number of carbonyl (C=O) groups excluding carboxylic acids is 1. The average Bonchev–Trinajstić information content (AvgIpc) is 2.69. The van der Waals surface area contributed by atoms with Crippen LogP contribution in [0.15, 0.2) is 42.5 Å². The van der Waals surface area contributed by atoms with Gasteiger partial charge in [0.2, 0.25) is 5.91 Å². The zero-order valence-electron chi connectivity index (χ0n) is 17.3. The minimum absolute atomic E-state index is 0.0407. The number of phenols is 1. The van der Waals surface area contributed by atoms with Crippen molar-refractivity contribution in [2.24, 2.45) is 11.1 Å². The van der Waals surface area contributed by atoms with E-state index in [1.807, 2.05) is 44.2 Å². The monoisotopic (exact) mass is 553 g/mol. The molecule has 8 heteroatoms. The molecule has 2 atom stereocenters. The number of carboxylic acids is 1. The van der Waals surface area contributed by atoms with Crippen LogP contribution in [0.25, 0.3) is 0 Å². The number of halogens is 2. The number of hydrogen-bond donors (Lipinski definition) is 3. The van der Waals surface area contributed by atoms with Gasteiger partial charge in [-0.3, -0.25) is 9.59 Å². The number of phenolic OH excluding ortho intramolecular Hbond substituents is 1. The second kappa shape index (κ2) is 8.82. The van der Waals surface area contributed by atoms with Crippen LogP contribution in [0.5, 0.6) is 17.2 Å². The minimum Gasteiger partial charge on any atom is -0.508 e. The molecule has 0 spiro atoms. The Morgan fingerprint density at radius 1 is 1.13 bits per heavy atom. The van der Waals surface area contributed by atoms with E-state index in [1.165, 1.54) is 0 Å². The van der Waals surface area contributed by atoms with Crippen molar-refractivity contribution in [1.82, 2.24) is 0 Å². The SMILES string of the molecule is CC(C)c1cc(Oc2ccc(C3CCC(C(N)=O)(C(=O)O)CC3(Br)Br)cc2)ccc1O. The molecule has 0 aliphatic heterocycles. The van der Waals surface area contributed by atoms with Crippen LogP contribution in [0.2, 0.25) is 0 Å². The fourth-order valence-electron chi connectivity index (χ4n) is 4.09. The summed E-state index contributed by atoms with van der Waals surface area (Å²) in [7, 11) is 0. The van der Waals surface area contributed by atoms with E-state index in [2.05, 4.69) is 31.9 Å². The number of rotatable bonds is 6. The maximum Gasteiger partial charge on any atom is 0.319 e. The molecule has 0 saturated heterocycles. The van der Waals surface area contributed by atoms with Crippen LogP contribution in [0, 0.1) is 5.41 Å². The largest absolute Gasteiger partial charge is 0.508 e. The third kappa shape index (κ3) is 4.75. The molecule has 6 nitrogen and oxygen atoms in total. The Morgan fingerprint density at radius 2 is 1.74 bits per heavy atom. The number of aliphatic carboxylic acids is 1. The summed E-state index contributed by atoms with van der Waals surface area (Å²) in [6.45, 7) is 4.00. The van der Waals surface area contributed by atoms with E-state index in [-0.39, 0.29) is 30.4 Å². The van der Waals surface area contributed by atoms with E-state index >= 15 is 0 Å². The van der Waals surface area contributed by atoms with Gasteiger partial charge in [0.1, 0.15) is 22.7 Å². The zero-order chi connectivity index (χ0) is 23.0. The van der Waals surface area contributed by atoms with Gasteiger partial charge in [0.15, 0.2) is 0 Å². The van der Waals surface area contributed by atoms with E-state index in [0.717, 1.165) is 11.1 Å². The summed E-state index contributed by atoms with van der Waals surface area (Å²) < 4.78 is 5.16. The number of aromatic hydroxyl groups is 1. The Hall–Kier alpha value is -2.06. The fourth-order valence-corrected chi connectivity index (χ4v) is 6.03. The second-order valence-corrected chi connectivity index (χ2v) is 12.2. The molecular weight excluding hydrogens is 530 g/mol. The smallest absolute Gasteiger partial charge is 0.319 e. The van der Waals surface area contributed by atoms with Gasteiger partial charge in [-0.15, -0.1) is 0 Å². The lowest BCUT2D eigenvalue weighted by atomic mass is 9.68. The summed E-state index contributed by atoms with van der Waals surface area (Å²) >= 11 is 7.20. The number of benzene rings is 2. The zero-order valence-corrected chi connectivity index (χ0v) is 20.4. The van der Waals surface area contributed by atoms with E-state index in [4.69, 9.17) is 10.5 Å². The van der Waals surface area contributed by atoms with Crippen LogP contribution in [0.4, 0.5) is 0 Å². The highest BCUT2D eigenvalue weighted by molar-refractivity contribution is 9.25. The van der Waals surface area contributed by atoms with Crippen LogP contribution in [0.3, 0.4) is 0 Å². The summed E-state index contributed by atoms with van der Waals surface area (Å²) in [5.74, 6) is -0.382. The van der Waals surface area contributed by atoms with E-state index in [0.29, 0.717) is 17.9 Å². The lowest BCUT2D eigenvalue weighted by Crippen LogP contribution is -2.51. The molecule has 0 heterocycles. The quantitative estimate of drug-likeness (QED) is 0.317. The molecule has 0 radical (unpaired) electrons. The van der Waals surface area contributed by atoms with Crippen LogP contribution in [-0.4, -0.2) is 25.3 Å². The first-order valence-electron chi connectivity index (χ1n) is 9.98. The van der Waals surface area contributed by atoms with E-state index < -0.39 is 20.5 Å². The molecule has 1 aliphatic carbocycles. The van der Waals surface area contributed by atoms with Crippen LogP contribution >= 0.6 is 31.9 Å². The first-order chi connectivity index (χ1) is 14.5. The number of carboxylic acid groups (broad SMARTS) is 1. The Morgan fingerprint density at radius 3 is 2.26 bits per heavy atom. The molecule has 1 aliphatic rings. The van der Waals surface area contributed by atoms with Gasteiger partial charge in [-0.05, 0) is 61.1 Å². The second-order valence-electron chi connectivity index (χ2n) is 8.33. The number of ether oxygens (including phenoxy) is 1. The summed E-state index contributed by atoms with van der Waals surface area (Å²) in [6, 6.07) is 12.7. The number of nitrogens with two attached hydrogens (primary N) is 1. The molecule has 3 rings (SSSR count). The normalized spacial score (nSPS) is 22.8. The lowest BCUT2D eigenvalue weighted by molar-refractivity contribution is -0.157. The third-order valence-electron chi connectivity index (χ3n) is 5.93. The molecule has 2 aromatic carbocycles. The maximum atomic E-state index is 11.9. The van der Waals surface area contributed by atoms with Gasteiger partial charge in [-0.2, -0.15) is 0 Å².